The molecule has 11 nitrogen and oxygen atoms in total. The minimum atomic E-state index is -1.79. The number of hydrogen-bond donors (Lipinski definition) is 2. The molecule has 2 heterocycles. The van der Waals surface area contributed by atoms with Crippen molar-refractivity contribution in [3.63, 3.8) is 0 Å². The average molecular weight is 561 g/mol. The predicted octanol–water partition coefficient (Wildman–Crippen LogP) is 5.02. The summed E-state index contributed by atoms with van der Waals surface area (Å²) in [6.07, 6.45) is -1.56. The normalized spacial score (nSPS) is 20.6. The third-order valence-electron chi connectivity index (χ3n) is 6.01. The lowest BCUT2D eigenvalue weighted by Crippen LogP contribution is -2.51. The lowest BCUT2D eigenvalue weighted by atomic mass is 9.87. The Bertz CT molecular complexity index is 1290. The van der Waals surface area contributed by atoms with E-state index < -0.39 is 65.1 Å². The highest BCUT2D eigenvalue weighted by atomic mass is 16.8. The van der Waals surface area contributed by atoms with E-state index in [0.717, 1.165) is 0 Å². The number of alkyl carbamates (subject to hydrolysis) is 1. The monoisotopic (exact) mass is 560 g/mol. The number of nitrogens with one attached hydrogen (secondary N) is 1. The number of cyclic esters (lactones) is 1. The first-order chi connectivity index (χ1) is 18.2. The summed E-state index contributed by atoms with van der Waals surface area (Å²) in [7, 11) is 0. The Morgan fingerprint density at radius 2 is 1.62 bits per heavy atom. The summed E-state index contributed by atoms with van der Waals surface area (Å²) in [6, 6.07) is 5.54. The van der Waals surface area contributed by atoms with Gasteiger partial charge in [0.2, 0.25) is 6.29 Å². The van der Waals surface area contributed by atoms with Gasteiger partial charge in [0.05, 0.1) is 5.52 Å². The molecule has 1 saturated heterocycles. The van der Waals surface area contributed by atoms with Gasteiger partial charge in [0.1, 0.15) is 17.2 Å². The average Bonchev–Trinajstić information content (AvgIpc) is 3.29. The number of carboxylic acid groups (broad SMARTS) is 1. The van der Waals surface area contributed by atoms with Crippen molar-refractivity contribution in [2.45, 2.75) is 104 Å². The van der Waals surface area contributed by atoms with Crippen molar-refractivity contribution in [2.75, 3.05) is 0 Å². The molecule has 0 bridgehead atoms. The standard InChI is InChI=1S/C29H40N2O9/c1-26(2,3)23-37-22(34)29(38-23,15-19(21(32)33)30-24(35)39-27(4,5)6)14-17-16-31(25(36)40-28(7,8)9)20-13-11-10-12-18(17)20/h10-13,16,19,23H,14-15H2,1-9H3,(H,30,35)(H,32,33)/t19-,23-,29-/m0/s1. The quantitative estimate of drug-likeness (QED) is 0.368. The number of benzene rings is 1. The Morgan fingerprint density at radius 3 is 2.15 bits per heavy atom. The summed E-state index contributed by atoms with van der Waals surface area (Å²) < 4.78 is 24.0. The molecule has 1 aromatic heterocycles. The van der Waals surface area contributed by atoms with Crippen LogP contribution in [0.2, 0.25) is 0 Å². The fourth-order valence-corrected chi connectivity index (χ4v) is 4.29. The van der Waals surface area contributed by atoms with E-state index in [1.165, 1.54) is 4.57 Å². The molecule has 1 aliphatic rings. The van der Waals surface area contributed by atoms with Crippen LogP contribution < -0.4 is 5.32 Å². The molecule has 220 valence electrons. The Morgan fingerprint density at radius 1 is 1.02 bits per heavy atom. The van der Waals surface area contributed by atoms with Gasteiger partial charge < -0.3 is 29.4 Å². The van der Waals surface area contributed by atoms with E-state index in [9.17, 15) is 24.3 Å². The highest BCUT2D eigenvalue weighted by molar-refractivity contribution is 5.93. The van der Waals surface area contributed by atoms with Crippen molar-refractivity contribution in [3.8, 4) is 0 Å². The van der Waals surface area contributed by atoms with E-state index in [2.05, 4.69) is 5.32 Å². The van der Waals surface area contributed by atoms with Crippen molar-refractivity contribution in [2.24, 2.45) is 5.41 Å². The molecule has 0 aliphatic carbocycles. The molecule has 0 radical (unpaired) electrons. The minimum absolute atomic E-state index is 0.130. The molecule has 3 rings (SSSR count). The third-order valence-corrected chi connectivity index (χ3v) is 6.01. The number of nitrogens with zero attached hydrogens (tertiary/aromatic N) is 1. The van der Waals surface area contributed by atoms with E-state index in [4.69, 9.17) is 18.9 Å². The number of carbonyl (C=O) groups is 4. The maximum absolute atomic E-state index is 13.5. The molecule has 1 fully saturated rings. The first-order valence-corrected chi connectivity index (χ1v) is 13.1. The van der Waals surface area contributed by atoms with E-state index >= 15 is 0 Å². The molecule has 0 saturated carbocycles. The summed E-state index contributed by atoms with van der Waals surface area (Å²) in [6.45, 7) is 15.7. The van der Waals surface area contributed by atoms with Crippen molar-refractivity contribution in [3.05, 3.63) is 36.0 Å². The topological polar surface area (TPSA) is 142 Å². The van der Waals surface area contributed by atoms with Gasteiger partial charge in [0, 0.05) is 29.8 Å². The number of aromatic nitrogens is 1. The van der Waals surface area contributed by atoms with Gasteiger partial charge in [-0.1, -0.05) is 39.0 Å². The van der Waals surface area contributed by atoms with Crippen molar-refractivity contribution < 1.29 is 43.2 Å². The molecular weight excluding hydrogens is 520 g/mol. The zero-order valence-electron chi connectivity index (χ0n) is 24.6. The second-order valence-corrected chi connectivity index (χ2v) is 13.2. The Balaban J connectivity index is 2.06. The first-order valence-electron chi connectivity index (χ1n) is 13.1. The second-order valence-electron chi connectivity index (χ2n) is 13.2. The van der Waals surface area contributed by atoms with Crippen LogP contribution in [0.5, 0.6) is 0 Å². The number of carbonyl (C=O) groups excluding carboxylic acids is 3. The van der Waals surface area contributed by atoms with Crippen molar-refractivity contribution in [1.29, 1.82) is 0 Å². The van der Waals surface area contributed by atoms with E-state index in [1.807, 2.05) is 20.8 Å². The molecule has 2 aromatic rings. The minimum Gasteiger partial charge on any atom is -0.480 e. The largest absolute Gasteiger partial charge is 0.480 e. The zero-order chi connectivity index (χ0) is 30.3. The molecule has 1 aliphatic heterocycles. The van der Waals surface area contributed by atoms with Gasteiger partial charge in [0.25, 0.3) is 0 Å². The number of ether oxygens (including phenoxy) is 4. The van der Waals surface area contributed by atoms with E-state index in [0.29, 0.717) is 16.5 Å². The van der Waals surface area contributed by atoms with Crippen LogP contribution in [-0.4, -0.2) is 62.9 Å². The Labute approximate surface area is 234 Å². The van der Waals surface area contributed by atoms with Crippen molar-refractivity contribution in [1.82, 2.24) is 9.88 Å². The molecule has 3 atom stereocenters. The van der Waals surface area contributed by atoms with Crippen LogP contribution >= 0.6 is 0 Å². The Hall–Kier alpha value is -3.60. The van der Waals surface area contributed by atoms with Crippen LogP contribution in [0, 0.1) is 5.41 Å². The van der Waals surface area contributed by atoms with E-state index in [-0.39, 0.29) is 6.42 Å². The third kappa shape index (κ3) is 7.32. The Kier molecular flexibility index (Phi) is 8.32. The van der Waals surface area contributed by atoms with Gasteiger partial charge in [0.15, 0.2) is 5.60 Å². The van der Waals surface area contributed by atoms with Gasteiger partial charge in [-0.05, 0) is 53.2 Å². The SMILES string of the molecule is CC(C)(C)OC(=O)N[C@@H](C[C@]1(Cc2cn(C(=O)OC(C)(C)C)c3ccccc23)O[C@@H](C(C)(C)C)OC1=O)C(=O)O. The van der Waals surface area contributed by atoms with Gasteiger partial charge >= 0.3 is 24.1 Å². The summed E-state index contributed by atoms with van der Waals surface area (Å²) in [5.41, 5.74) is -2.95. The van der Waals surface area contributed by atoms with Crippen molar-refractivity contribution >= 4 is 35.0 Å². The van der Waals surface area contributed by atoms with Gasteiger partial charge in [-0.15, -0.1) is 0 Å². The number of amides is 1. The molecule has 40 heavy (non-hydrogen) atoms. The molecule has 2 N–H and O–H groups in total. The van der Waals surface area contributed by atoms with Crippen LogP contribution in [0.4, 0.5) is 9.59 Å². The zero-order valence-corrected chi connectivity index (χ0v) is 24.6. The fraction of sp³-hybridized carbons (Fsp3) is 0.586. The maximum Gasteiger partial charge on any atom is 0.419 e. The number of fused-ring (bicyclic) bond motifs is 1. The summed E-state index contributed by atoms with van der Waals surface area (Å²) in [5, 5.41) is 13.0. The molecule has 0 spiro atoms. The number of esters is 1. The molecule has 11 heteroatoms. The molecule has 0 unspecified atom stereocenters. The highest BCUT2D eigenvalue weighted by Gasteiger charge is 2.55. The van der Waals surface area contributed by atoms with Gasteiger partial charge in [-0.25, -0.2) is 19.2 Å². The predicted molar refractivity (Wildman–Crippen MR) is 146 cm³/mol. The smallest absolute Gasteiger partial charge is 0.419 e. The second kappa shape index (κ2) is 10.8. The fourth-order valence-electron chi connectivity index (χ4n) is 4.29. The molecule has 1 amide bonds. The number of para-hydroxylation sites is 1. The number of aliphatic carboxylic acids is 1. The maximum atomic E-state index is 13.5. The van der Waals surface area contributed by atoms with E-state index in [1.54, 1.807) is 72.0 Å². The van der Waals surface area contributed by atoms with Crippen LogP contribution in [0.15, 0.2) is 30.5 Å². The van der Waals surface area contributed by atoms with Gasteiger partial charge in [-0.2, -0.15) is 0 Å². The summed E-state index contributed by atoms with van der Waals surface area (Å²) in [5.74, 6) is -2.14. The summed E-state index contributed by atoms with van der Waals surface area (Å²) in [4.78, 5) is 51.3. The summed E-state index contributed by atoms with van der Waals surface area (Å²) >= 11 is 0. The highest BCUT2D eigenvalue weighted by Crippen LogP contribution is 2.41. The van der Waals surface area contributed by atoms with Crippen LogP contribution in [0.1, 0.15) is 74.3 Å². The molecule has 1 aromatic carbocycles. The lowest BCUT2D eigenvalue weighted by molar-refractivity contribution is -0.158. The number of carboxylic acids is 1. The van der Waals surface area contributed by atoms with Crippen LogP contribution in [-0.2, 0) is 35.0 Å². The lowest BCUT2D eigenvalue weighted by Gasteiger charge is -2.30. The van der Waals surface area contributed by atoms with Gasteiger partial charge in [-0.3, -0.25) is 4.57 Å². The van der Waals surface area contributed by atoms with Crippen LogP contribution in [0.3, 0.4) is 0 Å². The molecular formula is C29H40N2O9. The van der Waals surface area contributed by atoms with Crippen LogP contribution in [0.25, 0.3) is 10.9 Å². The number of hydrogen-bond acceptors (Lipinski definition) is 8. The first kappa shape index (κ1) is 30.9. The number of rotatable bonds is 6.